The SMILES string of the molecule is COc1ccc(/C=C/c2ccc3c(Cl)cc(NS(=O)(=O)c4ccc(C)cc4)c(O)c3n2)cc1. The van der Waals surface area contributed by atoms with Crippen molar-refractivity contribution in [3.8, 4) is 11.5 Å². The Balaban J connectivity index is 1.68. The van der Waals surface area contributed by atoms with Gasteiger partial charge in [0.15, 0.2) is 5.75 Å². The minimum Gasteiger partial charge on any atom is -0.504 e. The van der Waals surface area contributed by atoms with E-state index in [2.05, 4.69) is 9.71 Å². The van der Waals surface area contributed by atoms with Gasteiger partial charge in [0, 0.05) is 5.39 Å². The first-order valence-electron chi connectivity index (χ1n) is 10.0. The highest BCUT2D eigenvalue weighted by Crippen LogP contribution is 2.38. The van der Waals surface area contributed by atoms with Crippen molar-refractivity contribution in [1.29, 1.82) is 0 Å². The van der Waals surface area contributed by atoms with Crippen LogP contribution < -0.4 is 9.46 Å². The summed E-state index contributed by atoms with van der Waals surface area (Å²) in [6, 6.07) is 18.8. The van der Waals surface area contributed by atoms with E-state index in [1.54, 1.807) is 37.5 Å². The zero-order chi connectivity index (χ0) is 23.6. The Morgan fingerprint density at radius 2 is 1.70 bits per heavy atom. The first-order chi connectivity index (χ1) is 15.8. The lowest BCUT2D eigenvalue weighted by Crippen LogP contribution is -2.13. The number of anilines is 1. The van der Waals surface area contributed by atoms with E-state index < -0.39 is 10.0 Å². The average molecular weight is 481 g/mol. The molecular weight excluding hydrogens is 460 g/mol. The Bertz CT molecular complexity index is 1450. The summed E-state index contributed by atoms with van der Waals surface area (Å²) < 4.78 is 33.1. The lowest BCUT2D eigenvalue weighted by atomic mass is 10.1. The zero-order valence-corrected chi connectivity index (χ0v) is 19.5. The minimum atomic E-state index is -3.92. The molecule has 6 nitrogen and oxygen atoms in total. The molecule has 0 atom stereocenters. The van der Waals surface area contributed by atoms with Crippen LogP contribution in [-0.2, 0) is 10.0 Å². The van der Waals surface area contributed by atoms with Crippen molar-refractivity contribution in [2.75, 3.05) is 11.8 Å². The number of aryl methyl sites for hydroxylation is 1. The molecule has 0 aliphatic carbocycles. The van der Waals surface area contributed by atoms with Crippen LogP contribution in [0.4, 0.5) is 5.69 Å². The first kappa shape index (κ1) is 22.6. The molecule has 0 aliphatic heterocycles. The van der Waals surface area contributed by atoms with Gasteiger partial charge in [-0.05, 0) is 61.0 Å². The molecule has 168 valence electrons. The Hall–Kier alpha value is -3.55. The maximum Gasteiger partial charge on any atom is 0.262 e. The highest BCUT2D eigenvalue weighted by atomic mass is 35.5. The molecule has 0 fully saturated rings. The van der Waals surface area contributed by atoms with E-state index in [4.69, 9.17) is 16.3 Å². The number of nitrogens with zero attached hydrogens (tertiary/aromatic N) is 1. The van der Waals surface area contributed by atoms with Crippen molar-refractivity contribution in [1.82, 2.24) is 4.98 Å². The summed E-state index contributed by atoms with van der Waals surface area (Å²) in [5.41, 5.74) is 2.60. The number of rotatable bonds is 6. The van der Waals surface area contributed by atoms with Crippen LogP contribution in [0.2, 0.25) is 5.02 Å². The number of phenolic OH excluding ortho intramolecular Hbond substituents is 1. The van der Waals surface area contributed by atoms with Gasteiger partial charge in [-0.3, -0.25) is 4.72 Å². The topological polar surface area (TPSA) is 88.5 Å². The third kappa shape index (κ3) is 4.94. The Morgan fingerprint density at radius 3 is 2.36 bits per heavy atom. The molecule has 0 saturated heterocycles. The van der Waals surface area contributed by atoms with Gasteiger partial charge in [-0.2, -0.15) is 0 Å². The van der Waals surface area contributed by atoms with E-state index in [9.17, 15) is 13.5 Å². The summed E-state index contributed by atoms with van der Waals surface area (Å²) >= 11 is 6.37. The monoisotopic (exact) mass is 480 g/mol. The maximum atomic E-state index is 12.8. The van der Waals surface area contributed by atoms with E-state index in [0.717, 1.165) is 16.9 Å². The number of ether oxygens (including phenoxy) is 1. The second-order valence-corrected chi connectivity index (χ2v) is 9.50. The van der Waals surface area contributed by atoms with Gasteiger partial charge in [-0.25, -0.2) is 13.4 Å². The first-order valence-corrected chi connectivity index (χ1v) is 11.9. The molecule has 2 N–H and O–H groups in total. The molecule has 8 heteroatoms. The number of aromatic hydroxyl groups is 1. The van der Waals surface area contributed by atoms with Gasteiger partial charge in [-0.1, -0.05) is 47.5 Å². The molecule has 4 aromatic rings. The number of pyridine rings is 1. The van der Waals surface area contributed by atoms with Crippen molar-refractivity contribution in [3.05, 3.63) is 88.6 Å². The number of aromatic nitrogens is 1. The van der Waals surface area contributed by atoms with E-state index in [-0.39, 0.29) is 26.9 Å². The summed E-state index contributed by atoms with van der Waals surface area (Å²) in [5.74, 6) is 0.459. The van der Waals surface area contributed by atoms with E-state index in [0.29, 0.717) is 11.1 Å². The fraction of sp³-hybridized carbons (Fsp3) is 0.0800. The van der Waals surface area contributed by atoms with Gasteiger partial charge in [-0.15, -0.1) is 0 Å². The van der Waals surface area contributed by atoms with Crippen LogP contribution in [0.25, 0.3) is 23.1 Å². The standard InChI is InChI=1S/C25H21ClN2O4S/c1-16-3-12-20(13-4-16)33(30,31)28-23-15-22(26)21-14-9-18(27-24(21)25(23)29)8-5-17-6-10-19(32-2)11-7-17/h3-15,28-29H,1-2H3/b8-5+. The molecule has 0 radical (unpaired) electrons. The highest BCUT2D eigenvalue weighted by molar-refractivity contribution is 7.92. The molecule has 0 spiro atoms. The minimum absolute atomic E-state index is 0.0446. The number of sulfonamides is 1. The van der Waals surface area contributed by atoms with Crippen molar-refractivity contribution >= 4 is 50.4 Å². The maximum absolute atomic E-state index is 12.8. The zero-order valence-electron chi connectivity index (χ0n) is 17.9. The molecule has 0 saturated carbocycles. The molecule has 0 bridgehead atoms. The largest absolute Gasteiger partial charge is 0.504 e. The van der Waals surface area contributed by atoms with Crippen molar-refractivity contribution < 1.29 is 18.3 Å². The highest BCUT2D eigenvalue weighted by Gasteiger charge is 2.19. The van der Waals surface area contributed by atoms with E-state index >= 15 is 0 Å². The Labute approximate surface area is 197 Å². The number of nitrogens with one attached hydrogen (secondary N) is 1. The quantitative estimate of drug-likeness (QED) is 0.336. The molecule has 0 unspecified atom stereocenters. The number of methoxy groups -OCH3 is 1. The van der Waals surface area contributed by atoms with Crippen LogP contribution in [0.15, 0.2) is 71.6 Å². The number of benzene rings is 3. The van der Waals surface area contributed by atoms with Gasteiger partial charge in [0.2, 0.25) is 0 Å². The number of fused-ring (bicyclic) bond motifs is 1. The molecule has 0 amide bonds. The smallest absolute Gasteiger partial charge is 0.262 e. The van der Waals surface area contributed by atoms with E-state index in [1.807, 2.05) is 37.3 Å². The molecule has 3 aromatic carbocycles. The van der Waals surface area contributed by atoms with Crippen molar-refractivity contribution in [2.24, 2.45) is 0 Å². The van der Waals surface area contributed by atoms with Crippen LogP contribution in [0.5, 0.6) is 11.5 Å². The fourth-order valence-electron chi connectivity index (χ4n) is 3.24. The molecule has 4 rings (SSSR count). The molecule has 0 aliphatic rings. The third-order valence-corrected chi connectivity index (χ3v) is 6.76. The van der Waals surface area contributed by atoms with Crippen molar-refractivity contribution in [2.45, 2.75) is 11.8 Å². The predicted molar refractivity (Wildman–Crippen MR) is 132 cm³/mol. The molecule has 1 heterocycles. The third-order valence-electron chi connectivity index (χ3n) is 5.06. The van der Waals surface area contributed by atoms with Gasteiger partial charge >= 0.3 is 0 Å². The summed E-state index contributed by atoms with van der Waals surface area (Å²) in [4.78, 5) is 4.56. The second kappa shape index (κ2) is 9.13. The number of halogens is 1. The average Bonchev–Trinajstić information content (AvgIpc) is 2.81. The summed E-state index contributed by atoms with van der Waals surface area (Å²) in [6.07, 6.45) is 3.66. The number of hydrogen-bond donors (Lipinski definition) is 2. The Morgan fingerprint density at radius 1 is 1.00 bits per heavy atom. The van der Waals surface area contributed by atoms with Gasteiger partial charge < -0.3 is 9.84 Å². The lowest BCUT2D eigenvalue weighted by molar-refractivity contribution is 0.415. The summed E-state index contributed by atoms with van der Waals surface area (Å²) in [5, 5.41) is 11.6. The summed E-state index contributed by atoms with van der Waals surface area (Å²) in [7, 11) is -2.31. The molecule has 1 aromatic heterocycles. The van der Waals surface area contributed by atoms with Crippen LogP contribution >= 0.6 is 11.6 Å². The Kier molecular flexibility index (Phi) is 6.26. The van der Waals surface area contributed by atoms with Crippen LogP contribution in [0, 0.1) is 6.92 Å². The predicted octanol–water partition coefficient (Wildman–Crippen LogP) is 5.88. The lowest BCUT2D eigenvalue weighted by Gasteiger charge is -2.13. The van der Waals surface area contributed by atoms with E-state index in [1.165, 1.54) is 18.2 Å². The number of phenols is 1. The molecular formula is C25H21ClN2O4S. The summed E-state index contributed by atoms with van der Waals surface area (Å²) in [6.45, 7) is 1.87. The van der Waals surface area contributed by atoms with Gasteiger partial charge in [0.05, 0.1) is 28.4 Å². The fourth-order valence-corrected chi connectivity index (χ4v) is 4.56. The van der Waals surface area contributed by atoms with Gasteiger partial charge in [0.1, 0.15) is 11.3 Å². The van der Waals surface area contributed by atoms with Crippen LogP contribution in [0.3, 0.4) is 0 Å². The van der Waals surface area contributed by atoms with Crippen molar-refractivity contribution in [3.63, 3.8) is 0 Å². The van der Waals surface area contributed by atoms with Crippen LogP contribution in [-0.4, -0.2) is 25.6 Å². The van der Waals surface area contributed by atoms with Gasteiger partial charge in [0.25, 0.3) is 10.0 Å². The normalized spacial score (nSPS) is 11.7. The van der Waals surface area contributed by atoms with Crippen LogP contribution in [0.1, 0.15) is 16.8 Å². The second-order valence-electron chi connectivity index (χ2n) is 7.41. The molecule has 33 heavy (non-hydrogen) atoms. The number of hydrogen-bond acceptors (Lipinski definition) is 5.